The van der Waals surface area contributed by atoms with Crippen molar-refractivity contribution in [1.29, 1.82) is 0 Å². The Morgan fingerprint density at radius 3 is 1.17 bits per heavy atom. The maximum Gasteiger partial charge on any atom is 0.220 e. The Kier molecular flexibility index (Phi) is 50.6. The van der Waals surface area contributed by atoms with Gasteiger partial charge in [-0.15, -0.1) is 0 Å². The van der Waals surface area contributed by atoms with E-state index in [2.05, 4.69) is 31.3 Å². The molecule has 0 aromatic heterocycles. The van der Waals surface area contributed by atoms with Crippen molar-refractivity contribution in [3.63, 3.8) is 0 Å². The predicted octanol–water partition coefficient (Wildman–Crippen LogP) is 16.1. The second-order valence-corrected chi connectivity index (χ2v) is 22.2. The van der Waals surface area contributed by atoms with Crippen LogP contribution < -0.4 is 5.32 Å². The molecule has 7 unspecified atom stereocenters. The number of aliphatic hydroxyl groups excluding tert-OH is 5. The van der Waals surface area contributed by atoms with Crippen LogP contribution in [-0.2, 0) is 14.3 Å². The molecular formula is C63H121NO8. The molecule has 0 radical (unpaired) electrons. The largest absolute Gasteiger partial charge is 0.394 e. The minimum Gasteiger partial charge on any atom is -0.394 e. The molecule has 0 saturated carbocycles. The van der Waals surface area contributed by atoms with Gasteiger partial charge in [-0.3, -0.25) is 4.79 Å². The Balaban J connectivity index is 2.19. The smallest absolute Gasteiger partial charge is 0.220 e. The summed E-state index contributed by atoms with van der Waals surface area (Å²) in [4.78, 5) is 13.1. The average molecular weight is 1020 g/mol. The number of aliphatic hydroxyl groups is 5. The molecule has 1 heterocycles. The van der Waals surface area contributed by atoms with Crippen LogP contribution in [0.2, 0.25) is 0 Å². The van der Waals surface area contributed by atoms with Crippen molar-refractivity contribution in [2.24, 2.45) is 0 Å². The normalized spacial score (nSPS) is 19.2. The molecule has 1 aliphatic heterocycles. The fraction of sp³-hybridized carbons (Fsp3) is 0.921. The monoisotopic (exact) mass is 1020 g/mol. The highest BCUT2D eigenvalue weighted by atomic mass is 16.7. The summed E-state index contributed by atoms with van der Waals surface area (Å²) in [5.74, 6) is -0.180. The minimum absolute atomic E-state index is 0.180. The molecule has 7 atom stereocenters. The van der Waals surface area contributed by atoms with Gasteiger partial charge in [-0.25, -0.2) is 0 Å². The fourth-order valence-electron chi connectivity index (χ4n) is 10.3. The number of carbonyl (C=O) groups is 1. The number of hydrogen-bond donors (Lipinski definition) is 6. The van der Waals surface area contributed by atoms with E-state index in [4.69, 9.17) is 9.47 Å². The Morgan fingerprint density at radius 1 is 0.458 bits per heavy atom. The molecule has 0 bridgehead atoms. The van der Waals surface area contributed by atoms with Crippen LogP contribution in [0, 0.1) is 0 Å². The molecule has 0 aromatic rings. The van der Waals surface area contributed by atoms with Gasteiger partial charge in [0.2, 0.25) is 5.91 Å². The first-order valence-corrected chi connectivity index (χ1v) is 31.6. The highest BCUT2D eigenvalue weighted by molar-refractivity contribution is 5.76. The first kappa shape index (κ1) is 68.7. The second-order valence-electron chi connectivity index (χ2n) is 22.2. The van der Waals surface area contributed by atoms with Crippen LogP contribution in [-0.4, -0.2) is 87.5 Å². The highest BCUT2D eigenvalue weighted by Gasteiger charge is 2.44. The van der Waals surface area contributed by atoms with E-state index in [-0.39, 0.29) is 12.5 Å². The Hall–Kier alpha value is -1.33. The van der Waals surface area contributed by atoms with E-state index in [9.17, 15) is 30.3 Å². The molecule has 1 rings (SSSR count). The third-order valence-corrected chi connectivity index (χ3v) is 15.3. The predicted molar refractivity (Wildman–Crippen MR) is 304 cm³/mol. The van der Waals surface area contributed by atoms with Crippen molar-refractivity contribution in [2.75, 3.05) is 13.2 Å². The van der Waals surface area contributed by atoms with Gasteiger partial charge in [0.25, 0.3) is 0 Å². The summed E-state index contributed by atoms with van der Waals surface area (Å²) in [6.07, 6.45) is 61.2. The molecule has 1 saturated heterocycles. The van der Waals surface area contributed by atoms with E-state index in [0.29, 0.717) is 6.42 Å². The molecule has 0 aliphatic carbocycles. The topological polar surface area (TPSA) is 149 Å². The van der Waals surface area contributed by atoms with Gasteiger partial charge in [0.15, 0.2) is 6.29 Å². The van der Waals surface area contributed by atoms with Crippen molar-refractivity contribution >= 4 is 5.91 Å². The number of ether oxygens (including phenoxy) is 2. The number of nitrogens with one attached hydrogen (secondary N) is 1. The van der Waals surface area contributed by atoms with Crippen molar-refractivity contribution in [2.45, 2.75) is 358 Å². The van der Waals surface area contributed by atoms with Gasteiger partial charge in [0, 0.05) is 6.42 Å². The van der Waals surface area contributed by atoms with Crippen LogP contribution >= 0.6 is 0 Å². The van der Waals surface area contributed by atoms with Gasteiger partial charge in [-0.05, 0) is 32.1 Å². The zero-order chi connectivity index (χ0) is 52.2. The summed E-state index contributed by atoms with van der Waals surface area (Å²) in [7, 11) is 0. The maximum atomic E-state index is 13.1. The average Bonchev–Trinajstić information content (AvgIpc) is 3.38. The van der Waals surface area contributed by atoms with E-state index in [1.165, 1.54) is 257 Å². The molecule has 1 amide bonds. The van der Waals surface area contributed by atoms with Crippen LogP contribution in [0.5, 0.6) is 0 Å². The summed E-state index contributed by atoms with van der Waals surface area (Å²) < 4.78 is 11.3. The van der Waals surface area contributed by atoms with Gasteiger partial charge < -0.3 is 40.3 Å². The van der Waals surface area contributed by atoms with E-state index in [1.807, 2.05) is 6.08 Å². The van der Waals surface area contributed by atoms with E-state index in [0.717, 1.165) is 38.5 Å². The van der Waals surface area contributed by atoms with Crippen molar-refractivity contribution < 1.29 is 39.8 Å². The van der Waals surface area contributed by atoms with Crippen LogP contribution in [0.3, 0.4) is 0 Å². The summed E-state index contributed by atoms with van der Waals surface area (Å²) in [6.45, 7) is 3.81. The van der Waals surface area contributed by atoms with Gasteiger partial charge in [0.05, 0.1) is 25.4 Å². The lowest BCUT2D eigenvalue weighted by molar-refractivity contribution is -0.302. The summed E-state index contributed by atoms with van der Waals surface area (Å²) in [5, 5.41) is 54.6. The SMILES string of the molecule is CCCCCCCCCCCCCCCCCCCCCCCC/C=C/CC/C=C/C(O)C(COC1OC(CO)C(O)C(O)C1O)NC(=O)CCCCCCCCCCCCCCCCCCCCCCC. The van der Waals surface area contributed by atoms with E-state index in [1.54, 1.807) is 6.08 Å². The van der Waals surface area contributed by atoms with Crippen molar-refractivity contribution in [1.82, 2.24) is 5.32 Å². The summed E-state index contributed by atoms with van der Waals surface area (Å²) in [5.41, 5.74) is 0. The van der Waals surface area contributed by atoms with Crippen molar-refractivity contribution in [3.05, 3.63) is 24.3 Å². The first-order valence-electron chi connectivity index (χ1n) is 31.6. The standard InChI is InChI=1S/C63H121NO8/c1-3-5-7-9-11-13-15-17-19-21-23-25-26-27-28-29-30-31-33-34-36-38-40-42-44-46-48-50-52-57(66)56(55-71-63-62(70)61(69)60(68)58(54-65)72-63)64-59(67)53-51-49-47-45-43-41-39-37-35-32-24-22-20-18-16-14-12-10-8-6-4-2/h42,44,50,52,56-58,60-63,65-66,68-70H,3-41,43,45-49,51,53-55H2,1-2H3,(H,64,67)/b44-42+,52-50+. The maximum absolute atomic E-state index is 13.1. The quantitative estimate of drug-likeness (QED) is 0.0261. The zero-order valence-electron chi connectivity index (χ0n) is 47.5. The van der Waals surface area contributed by atoms with Gasteiger partial charge in [-0.2, -0.15) is 0 Å². The number of allylic oxidation sites excluding steroid dienone is 3. The van der Waals surface area contributed by atoms with Crippen molar-refractivity contribution in [3.8, 4) is 0 Å². The molecule has 0 spiro atoms. The highest BCUT2D eigenvalue weighted by Crippen LogP contribution is 2.23. The number of rotatable bonds is 55. The van der Waals surface area contributed by atoms with Gasteiger partial charge >= 0.3 is 0 Å². The van der Waals surface area contributed by atoms with Crippen LogP contribution in [0.1, 0.15) is 316 Å². The van der Waals surface area contributed by atoms with E-state index >= 15 is 0 Å². The molecule has 0 aromatic carbocycles. The lowest BCUT2D eigenvalue weighted by Gasteiger charge is -2.40. The van der Waals surface area contributed by atoms with E-state index < -0.39 is 49.5 Å². The van der Waals surface area contributed by atoms with Crippen LogP contribution in [0.25, 0.3) is 0 Å². The summed E-state index contributed by atoms with van der Waals surface area (Å²) >= 11 is 0. The Bertz CT molecular complexity index is 1180. The van der Waals surface area contributed by atoms with Crippen LogP contribution in [0.15, 0.2) is 24.3 Å². The molecular weight excluding hydrogens is 899 g/mol. The molecule has 9 nitrogen and oxygen atoms in total. The first-order chi connectivity index (χ1) is 35.3. The third-order valence-electron chi connectivity index (χ3n) is 15.3. The minimum atomic E-state index is -1.57. The Labute approximate surface area is 445 Å². The molecule has 426 valence electrons. The molecule has 72 heavy (non-hydrogen) atoms. The summed E-state index contributed by atoms with van der Waals surface area (Å²) in [6, 6.07) is -0.819. The van der Waals surface area contributed by atoms with Gasteiger partial charge in [0.1, 0.15) is 24.4 Å². The fourth-order valence-corrected chi connectivity index (χ4v) is 10.3. The lowest BCUT2D eigenvalue weighted by atomic mass is 9.99. The number of hydrogen-bond acceptors (Lipinski definition) is 8. The number of unbranched alkanes of at least 4 members (excludes halogenated alkanes) is 43. The third kappa shape index (κ3) is 41.9. The Morgan fingerprint density at radius 2 is 0.792 bits per heavy atom. The molecule has 1 fully saturated rings. The molecule has 9 heteroatoms. The lowest BCUT2D eigenvalue weighted by Crippen LogP contribution is -2.60. The zero-order valence-corrected chi connectivity index (χ0v) is 47.5. The number of carbonyl (C=O) groups excluding carboxylic acids is 1. The second kappa shape index (κ2) is 53.1. The number of amides is 1. The molecule has 1 aliphatic rings. The molecule has 6 N–H and O–H groups in total. The van der Waals surface area contributed by atoms with Crippen LogP contribution in [0.4, 0.5) is 0 Å². The van der Waals surface area contributed by atoms with Gasteiger partial charge in [-0.1, -0.05) is 301 Å².